The smallest absolute Gasteiger partial charge is 0.220 e. The van der Waals surface area contributed by atoms with Gasteiger partial charge in [-0.05, 0) is 37.5 Å². The van der Waals surface area contributed by atoms with Gasteiger partial charge in [-0.15, -0.1) is 0 Å². The lowest BCUT2D eigenvalue weighted by molar-refractivity contribution is -0.124. The van der Waals surface area contributed by atoms with E-state index in [-0.39, 0.29) is 16.9 Å². The predicted molar refractivity (Wildman–Crippen MR) is 88.8 cm³/mol. The van der Waals surface area contributed by atoms with Gasteiger partial charge in [0.2, 0.25) is 5.91 Å². The minimum absolute atomic E-state index is 0.0787. The topological polar surface area (TPSA) is 29.1 Å². The molecule has 0 spiro atoms. The molecule has 0 aromatic carbocycles. The van der Waals surface area contributed by atoms with Crippen molar-refractivity contribution in [3.05, 3.63) is 0 Å². The van der Waals surface area contributed by atoms with Gasteiger partial charge >= 0.3 is 0 Å². The van der Waals surface area contributed by atoms with Crippen molar-refractivity contribution in [1.82, 2.24) is 5.32 Å². The van der Waals surface area contributed by atoms with Crippen LogP contribution in [0.5, 0.6) is 0 Å². The van der Waals surface area contributed by atoms with Gasteiger partial charge in [-0.3, -0.25) is 4.79 Å². The lowest BCUT2D eigenvalue weighted by Gasteiger charge is -2.39. The van der Waals surface area contributed by atoms with Crippen LogP contribution in [0.25, 0.3) is 0 Å². The van der Waals surface area contributed by atoms with Crippen LogP contribution in [0.15, 0.2) is 0 Å². The third-order valence-electron chi connectivity index (χ3n) is 4.41. The molecule has 0 aliphatic carbocycles. The van der Waals surface area contributed by atoms with Crippen molar-refractivity contribution in [2.24, 2.45) is 10.8 Å². The van der Waals surface area contributed by atoms with Gasteiger partial charge in [0, 0.05) is 12.0 Å². The highest BCUT2D eigenvalue weighted by Crippen LogP contribution is 2.29. The molecule has 0 unspecified atom stereocenters. The van der Waals surface area contributed by atoms with Crippen LogP contribution in [-0.4, -0.2) is 11.4 Å². The number of nitrogens with one attached hydrogen (secondary N) is 1. The number of unbranched alkanes of at least 4 members (excludes halogenated alkanes) is 3. The van der Waals surface area contributed by atoms with Crippen molar-refractivity contribution in [2.45, 2.75) is 99.5 Å². The SMILES string of the molecule is CC(C)(C)CCCCCCC(=O)NC(C)(C)C(C)(C)C. The summed E-state index contributed by atoms with van der Waals surface area (Å²) in [6.07, 6.45) is 6.63. The summed E-state index contributed by atoms with van der Waals surface area (Å²) in [4.78, 5) is 12.0. The van der Waals surface area contributed by atoms with Crippen LogP contribution in [0.1, 0.15) is 93.9 Å². The van der Waals surface area contributed by atoms with Gasteiger partial charge in [0.25, 0.3) is 0 Å². The van der Waals surface area contributed by atoms with E-state index in [4.69, 9.17) is 0 Å². The van der Waals surface area contributed by atoms with E-state index in [9.17, 15) is 4.79 Å². The Bertz CT molecular complexity index is 292. The van der Waals surface area contributed by atoms with Crippen LogP contribution in [0.4, 0.5) is 0 Å². The van der Waals surface area contributed by atoms with Gasteiger partial charge < -0.3 is 5.32 Å². The zero-order chi connectivity index (χ0) is 16.0. The molecule has 0 aliphatic rings. The number of hydrogen-bond donors (Lipinski definition) is 1. The molecule has 0 atom stereocenters. The number of hydrogen-bond acceptors (Lipinski definition) is 1. The Balaban J connectivity index is 3.80. The van der Waals surface area contributed by atoms with Gasteiger partial charge in [0.05, 0.1) is 0 Å². The Kier molecular flexibility index (Phi) is 7.27. The lowest BCUT2D eigenvalue weighted by Crippen LogP contribution is -2.52. The summed E-state index contributed by atoms with van der Waals surface area (Å²) in [5.41, 5.74) is 0.361. The molecule has 0 saturated carbocycles. The second-order valence-corrected chi connectivity index (χ2v) is 8.90. The Morgan fingerprint density at radius 1 is 0.800 bits per heavy atom. The van der Waals surface area contributed by atoms with E-state index in [2.05, 4.69) is 60.7 Å². The fourth-order valence-electron chi connectivity index (χ4n) is 1.89. The molecule has 0 fully saturated rings. The summed E-state index contributed by atoms with van der Waals surface area (Å²) in [5.74, 6) is 0.195. The van der Waals surface area contributed by atoms with Gasteiger partial charge in [-0.25, -0.2) is 0 Å². The van der Waals surface area contributed by atoms with Crippen LogP contribution in [-0.2, 0) is 4.79 Å². The third-order valence-corrected chi connectivity index (χ3v) is 4.41. The monoisotopic (exact) mass is 283 g/mol. The summed E-state index contributed by atoms with van der Waals surface area (Å²) >= 11 is 0. The Morgan fingerprint density at radius 2 is 1.30 bits per heavy atom. The molecule has 0 radical (unpaired) electrons. The van der Waals surface area contributed by atoms with E-state index < -0.39 is 0 Å². The number of carbonyl (C=O) groups excluding carboxylic acids is 1. The Hall–Kier alpha value is -0.530. The highest BCUT2D eigenvalue weighted by Gasteiger charge is 2.33. The Labute approximate surface area is 127 Å². The van der Waals surface area contributed by atoms with Crippen molar-refractivity contribution in [3.8, 4) is 0 Å². The molecule has 0 aromatic heterocycles. The average Bonchev–Trinajstić information content (AvgIpc) is 2.19. The molecular weight excluding hydrogens is 246 g/mol. The minimum Gasteiger partial charge on any atom is -0.351 e. The fraction of sp³-hybridized carbons (Fsp3) is 0.944. The van der Waals surface area contributed by atoms with Crippen molar-refractivity contribution in [3.63, 3.8) is 0 Å². The van der Waals surface area contributed by atoms with E-state index in [1.807, 2.05) is 0 Å². The van der Waals surface area contributed by atoms with Crippen LogP contribution >= 0.6 is 0 Å². The second kappa shape index (κ2) is 7.47. The first-order chi connectivity index (χ1) is 8.85. The first-order valence-corrected chi connectivity index (χ1v) is 8.16. The first-order valence-electron chi connectivity index (χ1n) is 8.16. The molecule has 0 aliphatic heterocycles. The summed E-state index contributed by atoms with van der Waals surface area (Å²) in [5, 5.41) is 3.17. The van der Waals surface area contributed by atoms with E-state index in [1.54, 1.807) is 0 Å². The van der Waals surface area contributed by atoms with Crippen LogP contribution in [0.3, 0.4) is 0 Å². The zero-order valence-corrected chi connectivity index (χ0v) is 15.2. The molecule has 120 valence electrons. The largest absolute Gasteiger partial charge is 0.351 e. The van der Waals surface area contributed by atoms with Crippen LogP contribution in [0.2, 0.25) is 0 Å². The number of carbonyl (C=O) groups is 1. The van der Waals surface area contributed by atoms with Crippen LogP contribution in [0, 0.1) is 10.8 Å². The number of amides is 1. The molecule has 1 N–H and O–H groups in total. The predicted octanol–water partition coefficient (Wildman–Crippen LogP) is 5.31. The van der Waals surface area contributed by atoms with E-state index in [0.717, 1.165) is 6.42 Å². The summed E-state index contributed by atoms with van der Waals surface area (Å²) in [6.45, 7) is 17.6. The molecule has 0 rings (SSSR count). The Morgan fingerprint density at radius 3 is 1.75 bits per heavy atom. The summed E-state index contributed by atoms with van der Waals surface area (Å²) in [6, 6.07) is 0. The van der Waals surface area contributed by atoms with E-state index in [1.165, 1.54) is 25.7 Å². The van der Waals surface area contributed by atoms with Crippen molar-refractivity contribution in [1.29, 1.82) is 0 Å². The molecule has 2 heteroatoms. The molecular formula is C18H37NO. The second-order valence-electron chi connectivity index (χ2n) is 8.90. The van der Waals surface area contributed by atoms with Crippen molar-refractivity contribution < 1.29 is 4.79 Å². The molecule has 20 heavy (non-hydrogen) atoms. The molecule has 0 saturated heterocycles. The summed E-state index contributed by atoms with van der Waals surface area (Å²) in [7, 11) is 0. The van der Waals surface area contributed by atoms with Crippen molar-refractivity contribution in [2.75, 3.05) is 0 Å². The maximum atomic E-state index is 12.0. The first kappa shape index (κ1) is 19.5. The summed E-state index contributed by atoms with van der Waals surface area (Å²) < 4.78 is 0. The fourth-order valence-corrected chi connectivity index (χ4v) is 1.89. The zero-order valence-electron chi connectivity index (χ0n) is 15.2. The third kappa shape index (κ3) is 8.60. The maximum Gasteiger partial charge on any atom is 0.220 e. The number of rotatable bonds is 7. The van der Waals surface area contributed by atoms with E-state index >= 15 is 0 Å². The van der Waals surface area contributed by atoms with Gasteiger partial charge in [-0.2, -0.15) is 0 Å². The standard InChI is InChI=1S/C18H37NO/c1-16(2,3)14-12-10-9-11-13-15(20)19-18(7,8)17(4,5)6/h9-14H2,1-8H3,(H,19,20). The average molecular weight is 284 g/mol. The maximum absolute atomic E-state index is 12.0. The van der Waals surface area contributed by atoms with Crippen LogP contribution < -0.4 is 5.32 Å². The molecule has 1 amide bonds. The molecule has 0 aromatic rings. The molecule has 0 heterocycles. The van der Waals surface area contributed by atoms with Crippen molar-refractivity contribution >= 4 is 5.91 Å². The molecule has 0 bridgehead atoms. The molecule has 2 nitrogen and oxygen atoms in total. The van der Waals surface area contributed by atoms with Gasteiger partial charge in [-0.1, -0.05) is 60.8 Å². The van der Waals surface area contributed by atoms with E-state index in [0.29, 0.717) is 11.8 Å². The highest BCUT2D eigenvalue weighted by atomic mass is 16.1. The highest BCUT2D eigenvalue weighted by molar-refractivity contribution is 5.76. The minimum atomic E-state index is -0.156. The van der Waals surface area contributed by atoms with Gasteiger partial charge in [0.15, 0.2) is 0 Å². The van der Waals surface area contributed by atoms with Gasteiger partial charge in [0.1, 0.15) is 0 Å². The lowest BCUT2D eigenvalue weighted by atomic mass is 9.76. The quantitative estimate of drug-likeness (QED) is 0.630. The normalized spacial score (nSPS) is 13.4.